The molecule has 2 aromatic carbocycles. The number of nitrogens with zero attached hydrogens (tertiary/aromatic N) is 1. The highest BCUT2D eigenvalue weighted by Gasteiger charge is 2.01. The first kappa shape index (κ1) is 13.6. The Morgan fingerprint density at radius 3 is 2.86 bits per heavy atom. The van der Waals surface area contributed by atoms with E-state index < -0.39 is 0 Å². The van der Waals surface area contributed by atoms with Crippen molar-refractivity contribution in [1.82, 2.24) is 4.98 Å². The second kappa shape index (κ2) is 5.94. The summed E-state index contributed by atoms with van der Waals surface area (Å²) in [6, 6.07) is 16.5. The van der Waals surface area contributed by atoms with E-state index in [1.165, 1.54) is 0 Å². The van der Waals surface area contributed by atoms with Gasteiger partial charge >= 0.3 is 0 Å². The third-order valence-corrected chi connectivity index (χ3v) is 3.32. The molecule has 0 fully saturated rings. The number of rotatable bonds is 4. The summed E-state index contributed by atoms with van der Waals surface area (Å²) in [5.74, 6) is 0.651. The standard InChI is InChI=1S/C17H12ClNO2/c18-14-5-7-17-13(9-14)4-6-15(19-17)11-21-16-3-1-2-12(8-16)10-20/h1-10H,11H2. The molecule has 0 atom stereocenters. The van der Waals surface area contributed by atoms with Gasteiger partial charge in [-0.3, -0.25) is 4.79 Å². The summed E-state index contributed by atoms with van der Waals surface area (Å²) in [6.45, 7) is 0.348. The summed E-state index contributed by atoms with van der Waals surface area (Å²) in [6.07, 6.45) is 0.797. The number of halogens is 1. The predicted octanol–water partition coefficient (Wildman–Crippen LogP) is 4.28. The lowest BCUT2D eigenvalue weighted by Crippen LogP contribution is -1.98. The number of benzene rings is 2. The van der Waals surface area contributed by atoms with Crippen LogP contribution in [0.4, 0.5) is 0 Å². The van der Waals surface area contributed by atoms with E-state index in [4.69, 9.17) is 16.3 Å². The maximum atomic E-state index is 10.7. The van der Waals surface area contributed by atoms with E-state index in [1.54, 1.807) is 18.2 Å². The average molecular weight is 298 g/mol. The Kier molecular flexibility index (Phi) is 3.84. The lowest BCUT2D eigenvalue weighted by atomic mass is 10.2. The van der Waals surface area contributed by atoms with Crippen LogP contribution in [0.2, 0.25) is 5.02 Å². The second-order valence-corrected chi connectivity index (χ2v) is 5.06. The normalized spacial score (nSPS) is 10.5. The van der Waals surface area contributed by atoms with E-state index in [0.29, 0.717) is 22.9 Å². The molecule has 0 amide bonds. The SMILES string of the molecule is O=Cc1cccc(OCc2ccc3cc(Cl)ccc3n2)c1. The Balaban J connectivity index is 1.78. The molecular formula is C17H12ClNO2. The topological polar surface area (TPSA) is 39.2 Å². The van der Waals surface area contributed by atoms with Crippen LogP contribution in [-0.4, -0.2) is 11.3 Å². The van der Waals surface area contributed by atoms with Crippen molar-refractivity contribution in [2.24, 2.45) is 0 Å². The lowest BCUT2D eigenvalue weighted by Gasteiger charge is -2.07. The molecule has 0 N–H and O–H groups in total. The molecule has 3 rings (SSSR count). The molecule has 4 heteroatoms. The first-order valence-corrected chi connectivity index (χ1v) is 6.85. The maximum Gasteiger partial charge on any atom is 0.150 e. The number of hydrogen-bond acceptors (Lipinski definition) is 3. The number of fused-ring (bicyclic) bond motifs is 1. The van der Waals surface area contributed by atoms with Crippen molar-refractivity contribution in [2.75, 3.05) is 0 Å². The monoisotopic (exact) mass is 297 g/mol. The van der Waals surface area contributed by atoms with Crippen LogP contribution in [0.25, 0.3) is 10.9 Å². The zero-order chi connectivity index (χ0) is 14.7. The van der Waals surface area contributed by atoms with Gasteiger partial charge in [-0.25, -0.2) is 4.98 Å². The van der Waals surface area contributed by atoms with E-state index in [9.17, 15) is 4.79 Å². The number of carbonyl (C=O) groups excluding carboxylic acids is 1. The van der Waals surface area contributed by atoms with E-state index in [1.807, 2.05) is 36.4 Å². The molecule has 1 aromatic heterocycles. The Bertz CT molecular complexity index is 802. The van der Waals surface area contributed by atoms with Crippen molar-refractivity contribution in [3.8, 4) is 5.75 Å². The van der Waals surface area contributed by atoms with Crippen LogP contribution in [0.5, 0.6) is 5.75 Å². The van der Waals surface area contributed by atoms with Gasteiger partial charge in [0.15, 0.2) is 0 Å². The van der Waals surface area contributed by atoms with E-state index in [2.05, 4.69) is 4.98 Å². The Morgan fingerprint density at radius 1 is 1.10 bits per heavy atom. The molecule has 0 saturated carbocycles. The molecule has 3 aromatic rings. The quantitative estimate of drug-likeness (QED) is 0.675. The van der Waals surface area contributed by atoms with Gasteiger partial charge in [-0.05, 0) is 36.4 Å². The minimum absolute atomic E-state index is 0.348. The van der Waals surface area contributed by atoms with Gasteiger partial charge in [-0.2, -0.15) is 0 Å². The van der Waals surface area contributed by atoms with Gasteiger partial charge in [0.2, 0.25) is 0 Å². The molecule has 104 valence electrons. The summed E-state index contributed by atoms with van der Waals surface area (Å²) < 4.78 is 5.66. The van der Waals surface area contributed by atoms with Crippen LogP contribution in [0.1, 0.15) is 16.1 Å². The lowest BCUT2D eigenvalue weighted by molar-refractivity contribution is 0.112. The highest BCUT2D eigenvalue weighted by atomic mass is 35.5. The third-order valence-electron chi connectivity index (χ3n) is 3.09. The van der Waals surface area contributed by atoms with Crippen LogP contribution in [-0.2, 0) is 6.61 Å². The summed E-state index contributed by atoms with van der Waals surface area (Å²) >= 11 is 5.95. The number of ether oxygens (including phenoxy) is 1. The van der Waals surface area contributed by atoms with Gasteiger partial charge in [0.25, 0.3) is 0 Å². The third kappa shape index (κ3) is 3.20. The van der Waals surface area contributed by atoms with Crippen molar-refractivity contribution < 1.29 is 9.53 Å². The summed E-state index contributed by atoms with van der Waals surface area (Å²) in [5.41, 5.74) is 2.29. The molecule has 1 heterocycles. The minimum Gasteiger partial charge on any atom is -0.487 e. The molecule has 0 aliphatic heterocycles. The zero-order valence-corrected chi connectivity index (χ0v) is 11.9. The average Bonchev–Trinajstić information content (AvgIpc) is 2.53. The first-order valence-electron chi connectivity index (χ1n) is 6.48. The van der Waals surface area contributed by atoms with Crippen molar-refractivity contribution in [1.29, 1.82) is 0 Å². The molecule has 0 bridgehead atoms. The van der Waals surface area contributed by atoms with Crippen LogP contribution in [0, 0.1) is 0 Å². The highest BCUT2D eigenvalue weighted by Crippen LogP contribution is 2.19. The van der Waals surface area contributed by atoms with Crippen LogP contribution in [0.15, 0.2) is 54.6 Å². The number of hydrogen-bond donors (Lipinski definition) is 0. The van der Waals surface area contributed by atoms with Gasteiger partial charge in [0.05, 0.1) is 11.2 Å². The molecule has 0 saturated heterocycles. The molecule has 0 spiro atoms. The van der Waals surface area contributed by atoms with Crippen molar-refractivity contribution in [2.45, 2.75) is 6.61 Å². The summed E-state index contributed by atoms with van der Waals surface area (Å²) in [4.78, 5) is 15.2. The van der Waals surface area contributed by atoms with Gasteiger partial charge < -0.3 is 4.74 Å². The fourth-order valence-electron chi connectivity index (χ4n) is 2.05. The molecule has 3 nitrogen and oxygen atoms in total. The Hall–Kier alpha value is -2.39. The first-order chi connectivity index (χ1) is 10.2. The van der Waals surface area contributed by atoms with Crippen LogP contribution in [0.3, 0.4) is 0 Å². The van der Waals surface area contributed by atoms with Gasteiger partial charge in [0.1, 0.15) is 18.6 Å². The fraction of sp³-hybridized carbons (Fsp3) is 0.0588. The van der Waals surface area contributed by atoms with Crippen molar-refractivity contribution in [3.05, 3.63) is 70.9 Å². The Morgan fingerprint density at radius 2 is 2.00 bits per heavy atom. The maximum absolute atomic E-state index is 10.7. The molecule has 21 heavy (non-hydrogen) atoms. The smallest absolute Gasteiger partial charge is 0.150 e. The summed E-state index contributed by atoms with van der Waals surface area (Å²) in [7, 11) is 0. The van der Waals surface area contributed by atoms with E-state index in [-0.39, 0.29) is 0 Å². The second-order valence-electron chi connectivity index (χ2n) is 4.62. The molecule has 0 aliphatic rings. The van der Waals surface area contributed by atoms with Gasteiger partial charge in [0, 0.05) is 16.0 Å². The number of aldehydes is 1. The number of pyridine rings is 1. The van der Waals surface area contributed by atoms with Crippen LogP contribution >= 0.6 is 11.6 Å². The highest BCUT2D eigenvalue weighted by molar-refractivity contribution is 6.31. The number of carbonyl (C=O) groups is 1. The molecule has 0 aliphatic carbocycles. The molecular weight excluding hydrogens is 286 g/mol. The van der Waals surface area contributed by atoms with Crippen molar-refractivity contribution in [3.63, 3.8) is 0 Å². The fourth-order valence-corrected chi connectivity index (χ4v) is 2.23. The van der Waals surface area contributed by atoms with Gasteiger partial charge in [-0.1, -0.05) is 29.8 Å². The summed E-state index contributed by atoms with van der Waals surface area (Å²) in [5, 5.41) is 1.69. The molecule has 0 unspecified atom stereocenters. The zero-order valence-electron chi connectivity index (χ0n) is 11.1. The largest absolute Gasteiger partial charge is 0.487 e. The van der Waals surface area contributed by atoms with E-state index in [0.717, 1.165) is 22.9 Å². The van der Waals surface area contributed by atoms with E-state index >= 15 is 0 Å². The minimum atomic E-state index is 0.348. The number of aromatic nitrogens is 1. The Labute approximate surface area is 127 Å². The predicted molar refractivity (Wildman–Crippen MR) is 82.9 cm³/mol. The molecule has 0 radical (unpaired) electrons. The van der Waals surface area contributed by atoms with Gasteiger partial charge in [-0.15, -0.1) is 0 Å². The van der Waals surface area contributed by atoms with Crippen LogP contribution < -0.4 is 4.74 Å². The van der Waals surface area contributed by atoms with Crippen molar-refractivity contribution >= 4 is 28.8 Å².